The monoisotopic (exact) mass is 273 g/mol. The summed E-state index contributed by atoms with van der Waals surface area (Å²) in [6.07, 6.45) is 1.20. The van der Waals surface area contributed by atoms with Crippen LogP contribution in [0.25, 0.3) is 16.7 Å². The van der Waals surface area contributed by atoms with Gasteiger partial charge in [-0.15, -0.1) is 0 Å². The van der Waals surface area contributed by atoms with E-state index in [0.717, 1.165) is 24.2 Å². The van der Waals surface area contributed by atoms with Gasteiger partial charge in [-0.1, -0.05) is 0 Å². The van der Waals surface area contributed by atoms with Crippen molar-refractivity contribution in [1.29, 1.82) is 0 Å². The zero-order valence-electron chi connectivity index (χ0n) is 11.7. The highest BCUT2D eigenvalue weighted by Gasteiger charge is 2.09. The Morgan fingerprint density at radius 1 is 1.30 bits per heavy atom. The second kappa shape index (κ2) is 5.69. The van der Waals surface area contributed by atoms with Gasteiger partial charge >= 0.3 is 5.63 Å². The summed E-state index contributed by atoms with van der Waals surface area (Å²) in [7, 11) is 0. The molecule has 5 heteroatoms. The maximum atomic E-state index is 11.9. The van der Waals surface area contributed by atoms with E-state index in [1.807, 2.05) is 18.2 Å². The Morgan fingerprint density at radius 3 is 2.60 bits per heavy atom. The normalized spacial score (nSPS) is 11.8. The van der Waals surface area contributed by atoms with Gasteiger partial charge in [0.05, 0.1) is 11.3 Å². The molecule has 0 radical (unpaired) electrons. The first-order chi connectivity index (χ1) is 9.60. The topological polar surface area (TPSA) is 85.5 Å². The molecule has 0 atom stereocenters. The molecule has 0 spiro atoms. The summed E-state index contributed by atoms with van der Waals surface area (Å²) < 4.78 is 5.34. The summed E-state index contributed by atoms with van der Waals surface area (Å²) in [4.78, 5) is 14.1. The highest BCUT2D eigenvalue weighted by Crippen LogP contribution is 2.22. The summed E-state index contributed by atoms with van der Waals surface area (Å²) in [6.45, 7) is 5.96. The number of hydrogen-bond donors (Lipinski definition) is 2. The Kier molecular flexibility index (Phi) is 3.98. The first-order valence-corrected chi connectivity index (χ1v) is 6.61. The fourth-order valence-electron chi connectivity index (χ4n) is 2.18. The molecule has 0 aliphatic rings. The third-order valence-corrected chi connectivity index (χ3v) is 3.34. The van der Waals surface area contributed by atoms with Gasteiger partial charge in [0.25, 0.3) is 0 Å². The largest absolute Gasteiger partial charge is 0.422 e. The number of rotatable bonds is 4. The molecule has 0 aliphatic carbocycles. The van der Waals surface area contributed by atoms with E-state index in [-0.39, 0.29) is 11.3 Å². The second-order valence-electron chi connectivity index (χ2n) is 4.46. The quantitative estimate of drug-likeness (QED) is 0.830. The zero-order valence-corrected chi connectivity index (χ0v) is 11.7. The lowest BCUT2D eigenvalue weighted by molar-refractivity contribution is 0.558. The van der Waals surface area contributed by atoms with E-state index in [1.54, 1.807) is 6.07 Å². The van der Waals surface area contributed by atoms with Crippen LogP contribution in [0, 0.1) is 0 Å². The molecule has 5 nitrogen and oxygen atoms in total. The molecule has 106 valence electrons. The van der Waals surface area contributed by atoms with Crippen LogP contribution in [0.15, 0.2) is 39.7 Å². The van der Waals surface area contributed by atoms with Crippen LogP contribution in [-0.4, -0.2) is 13.1 Å². The average molecular weight is 273 g/mol. The van der Waals surface area contributed by atoms with Gasteiger partial charge in [-0.3, -0.25) is 0 Å². The first kappa shape index (κ1) is 14.0. The summed E-state index contributed by atoms with van der Waals surface area (Å²) >= 11 is 0. The molecule has 0 fully saturated rings. The molecule has 2 rings (SSSR count). The maximum absolute atomic E-state index is 11.9. The predicted molar refractivity (Wildman–Crippen MR) is 82.4 cm³/mol. The number of benzene rings is 1. The van der Waals surface area contributed by atoms with Gasteiger partial charge in [0.2, 0.25) is 0 Å². The van der Waals surface area contributed by atoms with Gasteiger partial charge in [0, 0.05) is 36.4 Å². The molecule has 0 aliphatic heterocycles. The predicted octanol–water partition coefficient (Wildman–Crippen LogP) is 1.86. The minimum Gasteiger partial charge on any atom is -0.422 e. The SMILES string of the molecule is CCN(CC)c1ccc2cc(/C(N)=C/N)c(=O)oc2c1. The van der Waals surface area contributed by atoms with Gasteiger partial charge in [-0.05, 0) is 32.0 Å². The van der Waals surface area contributed by atoms with Crippen molar-refractivity contribution in [2.45, 2.75) is 13.8 Å². The molecule has 1 aromatic heterocycles. The molecule has 4 N–H and O–H groups in total. The van der Waals surface area contributed by atoms with Crippen LogP contribution < -0.4 is 22.0 Å². The van der Waals surface area contributed by atoms with Crippen molar-refractivity contribution in [2.24, 2.45) is 11.5 Å². The summed E-state index contributed by atoms with van der Waals surface area (Å²) in [5, 5.41) is 0.820. The Balaban J connectivity index is 2.58. The van der Waals surface area contributed by atoms with Crippen molar-refractivity contribution < 1.29 is 4.42 Å². The lowest BCUT2D eigenvalue weighted by Gasteiger charge is -2.21. The molecule has 0 saturated carbocycles. The fourth-order valence-corrected chi connectivity index (χ4v) is 2.18. The van der Waals surface area contributed by atoms with Gasteiger partial charge in [0.15, 0.2) is 0 Å². The molecule has 0 bridgehead atoms. The molecular formula is C15H19N3O2. The number of anilines is 1. The zero-order chi connectivity index (χ0) is 14.7. The molecule has 0 unspecified atom stereocenters. The number of fused-ring (bicyclic) bond motifs is 1. The second-order valence-corrected chi connectivity index (χ2v) is 4.46. The van der Waals surface area contributed by atoms with Gasteiger partial charge < -0.3 is 20.8 Å². The Morgan fingerprint density at radius 2 is 2.00 bits per heavy atom. The lowest BCUT2D eigenvalue weighted by atomic mass is 10.1. The van der Waals surface area contributed by atoms with Crippen molar-refractivity contribution in [1.82, 2.24) is 0 Å². The van der Waals surface area contributed by atoms with Crippen molar-refractivity contribution >= 4 is 22.4 Å². The fraction of sp³-hybridized carbons (Fsp3) is 0.267. The summed E-state index contributed by atoms with van der Waals surface area (Å²) in [6, 6.07) is 7.49. The molecule has 0 saturated heterocycles. The van der Waals surface area contributed by atoms with E-state index in [2.05, 4.69) is 18.7 Å². The van der Waals surface area contributed by atoms with Crippen molar-refractivity contribution in [3.63, 3.8) is 0 Å². The maximum Gasteiger partial charge on any atom is 0.345 e. The minimum atomic E-state index is -0.478. The highest BCUT2D eigenvalue weighted by molar-refractivity contribution is 5.83. The van der Waals surface area contributed by atoms with Crippen LogP contribution in [0.3, 0.4) is 0 Å². The van der Waals surface area contributed by atoms with E-state index in [1.165, 1.54) is 6.20 Å². The van der Waals surface area contributed by atoms with Crippen molar-refractivity contribution in [2.75, 3.05) is 18.0 Å². The number of nitrogens with two attached hydrogens (primary N) is 2. The Bertz CT molecular complexity index is 700. The minimum absolute atomic E-state index is 0.216. The van der Waals surface area contributed by atoms with Gasteiger partial charge in [0.1, 0.15) is 5.58 Å². The smallest absolute Gasteiger partial charge is 0.345 e. The van der Waals surface area contributed by atoms with E-state index >= 15 is 0 Å². The number of hydrogen-bond acceptors (Lipinski definition) is 5. The van der Waals surface area contributed by atoms with Crippen LogP contribution in [-0.2, 0) is 0 Å². The first-order valence-electron chi connectivity index (χ1n) is 6.61. The van der Waals surface area contributed by atoms with Crippen molar-refractivity contribution in [3.05, 3.63) is 46.4 Å². The van der Waals surface area contributed by atoms with E-state index < -0.39 is 5.63 Å². The Hall–Kier alpha value is -2.43. The standard InChI is InChI=1S/C15H19N3O2/c1-3-18(4-2)11-6-5-10-7-12(13(17)9-16)15(19)20-14(10)8-11/h5-9H,3-4,16-17H2,1-2H3/b13-9-. The van der Waals surface area contributed by atoms with Crippen LogP contribution in [0.5, 0.6) is 0 Å². The number of nitrogens with zero attached hydrogens (tertiary/aromatic N) is 1. The molecule has 1 aromatic carbocycles. The lowest BCUT2D eigenvalue weighted by Crippen LogP contribution is -2.21. The van der Waals surface area contributed by atoms with E-state index in [9.17, 15) is 4.79 Å². The van der Waals surface area contributed by atoms with Gasteiger partial charge in [-0.2, -0.15) is 0 Å². The van der Waals surface area contributed by atoms with Gasteiger partial charge in [-0.25, -0.2) is 4.79 Å². The average Bonchev–Trinajstić information content (AvgIpc) is 2.47. The third kappa shape index (κ3) is 2.47. The van der Waals surface area contributed by atoms with Crippen LogP contribution in [0.1, 0.15) is 19.4 Å². The van der Waals surface area contributed by atoms with Crippen LogP contribution >= 0.6 is 0 Å². The third-order valence-electron chi connectivity index (χ3n) is 3.34. The highest BCUT2D eigenvalue weighted by atomic mass is 16.4. The molecule has 1 heterocycles. The molecule has 20 heavy (non-hydrogen) atoms. The Labute approximate surface area is 117 Å². The summed E-state index contributed by atoms with van der Waals surface area (Å²) in [5.74, 6) is 0. The molecule has 0 amide bonds. The molecular weight excluding hydrogens is 254 g/mol. The van der Waals surface area contributed by atoms with Crippen molar-refractivity contribution in [3.8, 4) is 0 Å². The van der Waals surface area contributed by atoms with Crippen LogP contribution in [0.2, 0.25) is 0 Å². The van der Waals surface area contributed by atoms with E-state index in [4.69, 9.17) is 15.9 Å². The van der Waals surface area contributed by atoms with E-state index in [0.29, 0.717) is 5.58 Å². The van der Waals surface area contributed by atoms with Crippen LogP contribution in [0.4, 0.5) is 5.69 Å². The summed E-state index contributed by atoms with van der Waals surface area (Å²) in [5.41, 5.74) is 12.6. The molecule has 2 aromatic rings.